The van der Waals surface area contributed by atoms with Crippen LogP contribution in [-0.4, -0.2) is 45.8 Å². The third-order valence-corrected chi connectivity index (χ3v) is 4.95. The largest absolute Gasteiger partial charge is 0.493 e. The van der Waals surface area contributed by atoms with Gasteiger partial charge in [0.1, 0.15) is 0 Å². The van der Waals surface area contributed by atoms with Crippen LogP contribution in [0.25, 0.3) is 0 Å². The lowest BCUT2D eigenvalue weighted by Crippen LogP contribution is -2.32. The van der Waals surface area contributed by atoms with E-state index < -0.39 is 5.91 Å². The van der Waals surface area contributed by atoms with Crippen molar-refractivity contribution in [1.82, 2.24) is 5.32 Å². The summed E-state index contributed by atoms with van der Waals surface area (Å²) in [5, 5.41) is 2.75. The summed E-state index contributed by atoms with van der Waals surface area (Å²) < 4.78 is 16.3. The van der Waals surface area contributed by atoms with E-state index in [4.69, 9.17) is 19.9 Å². The highest BCUT2D eigenvalue weighted by Gasteiger charge is 2.12. The van der Waals surface area contributed by atoms with Gasteiger partial charge >= 0.3 is 0 Å². The lowest BCUT2D eigenvalue weighted by Gasteiger charge is -2.13. The van der Waals surface area contributed by atoms with E-state index in [0.717, 1.165) is 56.4 Å². The highest BCUT2D eigenvalue weighted by atomic mass is 35.5. The molecule has 7 nitrogen and oxygen atoms in total. The predicted molar refractivity (Wildman–Crippen MR) is 125 cm³/mol. The van der Waals surface area contributed by atoms with Gasteiger partial charge in [-0.2, -0.15) is 0 Å². The summed E-state index contributed by atoms with van der Waals surface area (Å²) in [5.41, 5.74) is 6.31. The number of benzene rings is 1. The maximum absolute atomic E-state index is 11.9. The standard InChI is InChI=1S/C23H38N2O5.ClH/c1-18(23(27)25-14-13-22(24)26)9-6-4-5-7-10-19-11-12-20(29-3)21(17-19)30-16-8-15-28-2;/h11-12,17-18H,4-10,13-16H2,1-3H3,(H2,24,26)(H,25,27);1H/t18-;/m1./s1. The van der Waals surface area contributed by atoms with E-state index in [9.17, 15) is 9.59 Å². The van der Waals surface area contributed by atoms with Gasteiger partial charge in [0.2, 0.25) is 11.8 Å². The molecule has 0 bridgehead atoms. The van der Waals surface area contributed by atoms with E-state index in [2.05, 4.69) is 17.4 Å². The maximum atomic E-state index is 11.9. The average Bonchev–Trinajstić information content (AvgIpc) is 2.73. The molecule has 8 heteroatoms. The summed E-state index contributed by atoms with van der Waals surface area (Å²) in [5.74, 6) is 1.08. The number of hydrogen-bond donors (Lipinski definition) is 2. The lowest BCUT2D eigenvalue weighted by molar-refractivity contribution is -0.124. The number of aryl methyl sites for hydroxylation is 1. The average molecular weight is 459 g/mol. The quantitative estimate of drug-likeness (QED) is 0.347. The first-order valence-electron chi connectivity index (χ1n) is 10.8. The van der Waals surface area contributed by atoms with Crippen molar-refractivity contribution < 1.29 is 23.8 Å². The minimum absolute atomic E-state index is 0. The Kier molecular flexibility index (Phi) is 16.5. The Labute approximate surface area is 192 Å². The van der Waals surface area contributed by atoms with E-state index in [1.807, 2.05) is 13.0 Å². The third kappa shape index (κ3) is 13.1. The Bertz CT molecular complexity index is 642. The van der Waals surface area contributed by atoms with Crippen molar-refractivity contribution in [3.63, 3.8) is 0 Å². The number of primary amides is 1. The maximum Gasteiger partial charge on any atom is 0.222 e. The van der Waals surface area contributed by atoms with Crippen LogP contribution >= 0.6 is 12.4 Å². The van der Waals surface area contributed by atoms with Gasteiger partial charge in [-0.3, -0.25) is 9.59 Å². The van der Waals surface area contributed by atoms with Crippen LogP contribution in [0.3, 0.4) is 0 Å². The van der Waals surface area contributed by atoms with Crippen LogP contribution in [-0.2, 0) is 20.7 Å². The zero-order chi connectivity index (χ0) is 22.2. The molecule has 0 aliphatic rings. The molecule has 1 aromatic rings. The molecule has 0 fully saturated rings. The molecule has 0 heterocycles. The lowest BCUT2D eigenvalue weighted by atomic mass is 10.00. The molecule has 0 saturated carbocycles. The van der Waals surface area contributed by atoms with Crippen LogP contribution in [0.5, 0.6) is 11.5 Å². The summed E-state index contributed by atoms with van der Waals surface area (Å²) in [6.07, 6.45) is 7.18. The highest BCUT2D eigenvalue weighted by Crippen LogP contribution is 2.29. The third-order valence-electron chi connectivity index (χ3n) is 4.95. The molecule has 1 rings (SSSR count). The Morgan fingerprint density at radius 1 is 1.03 bits per heavy atom. The minimum Gasteiger partial charge on any atom is -0.493 e. The zero-order valence-corrected chi connectivity index (χ0v) is 19.9. The van der Waals surface area contributed by atoms with Crippen LogP contribution in [0.1, 0.15) is 57.4 Å². The van der Waals surface area contributed by atoms with Crippen molar-refractivity contribution in [3.8, 4) is 11.5 Å². The van der Waals surface area contributed by atoms with Crippen LogP contribution in [0.2, 0.25) is 0 Å². The first-order chi connectivity index (χ1) is 14.5. The van der Waals surface area contributed by atoms with Gasteiger partial charge in [0.15, 0.2) is 11.5 Å². The van der Waals surface area contributed by atoms with Gasteiger partial charge in [-0.1, -0.05) is 32.3 Å². The van der Waals surface area contributed by atoms with Crippen LogP contribution in [0, 0.1) is 5.92 Å². The molecule has 3 N–H and O–H groups in total. The van der Waals surface area contributed by atoms with E-state index in [-0.39, 0.29) is 30.7 Å². The van der Waals surface area contributed by atoms with Crippen molar-refractivity contribution in [2.75, 3.05) is 34.0 Å². The van der Waals surface area contributed by atoms with Gasteiger partial charge in [-0.15, -0.1) is 12.4 Å². The number of amides is 2. The summed E-state index contributed by atoms with van der Waals surface area (Å²) in [6.45, 7) is 3.52. The molecule has 0 aromatic heterocycles. The van der Waals surface area contributed by atoms with Crippen molar-refractivity contribution in [3.05, 3.63) is 23.8 Å². The number of ether oxygens (including phenoxy) is 3. The molecule has 1 aromatic carbocycles. The highest BCUT2D eigenvalue weighted by molar-refractivity contribution is 5.85. The van der Waals surface area contributed by atoms with Crippen molar-refractivity contribution in [2.24, 2.45) is 11.7 Å². The summed E-state index contributed by atoms with van der Waals surface area (Å²) in [4.78, 5) is 22.6. The Balaban J connectivity index is 0.00000900. The SMILES string of the molecule is COCCCOc1cc(CCCCCC[C@@H](C)C(=O)NCCC(N)=O)ccc1OC.Cl. The molecular weight excluding hydrogens is 420 g/mol. The number of methoxy groups -OCH3 is 2. The van der Waals surface area contributed by atoms with E-state index in [0.29, 0.717) is 19.8 Å². The Morgan fingerprint density at radius 2 is 1.77 bits per heavy atom. The predicted octanol–water partition coefficient (Wildman–Crippen LogP) is 3.65. The van der Waals surface area contributed by atoms with E-state index >= 15 is 0 Å². The fourth-order valence-corrected chi connectivity index (χ4v) is 3.12. The van der Waals surface area contributed by atoms with E-state index in [1.54, 1.807) is 14.2 Å². The monoisotopic (exact) mass is 458 g/mol. The van der Waals surface area contributed by atoms with Crippen molar-refractivity contribution in [1.29, 1.82) is 0 Å². The second kappa shape index (κ2) is 17.7. The van der Waals surface area contributed by atoms with Crippen LogP contribution in [0.15, 0.2) is 18.2 Å². The Hall–Kier alpha value is -1.99. The zero-order valence-electron chi connectivity index (χ0n) is 19.1. The van der Waals surface area contributed by atoms with Crippen molar-refractivity contribution in [2.45, 2.75) is 58.3 Å². The second-order valence-electron chi connectivity index (χ2n) is 7.54. The smallest absolute Gasteiger partial charge is 0.222 e. The fourth-order valence-electron chi connectivity index (χ4n) is 3.12. The normalized spacial score (nSPS) is 11.3. The molecule has 0 saturated heterocycles. The van der Waals surface area contributed by atoms with Gasteiger partial charge in [0, 0.05) is 39.0 Å². The number of unbranched alkanes of at least 4 members (excludes halogenated alkanes) is 3. The van der Waals surface area contributed by atoms with Crippen LogP contribution < -0.4 is 20.5 Å². The number of nitrogens with two attached hydrogens (primary N) is 1. The first-order valence-corrected chi connectivity index (χ1v) is 10.8. The van der Waals surface area contributed by atoms with Crippen LogP contribution in [0.4, 0.5) is 0 Å². The van der Waals surface area contributed by atoms with E-state index in [1.165, 1.54) is 5.56 Å². The number of halogens is 1. The first kappa shape index (κ1) is 29.0. The van der Waals surface area contributed by atoms with Gasteiger partial charge in [-0.25, -0.2) is 0 Å². The summed E-state index contributed by atoms with van der Waals surface area (Å²) >= 11 is 0. The topological polar surface area (TPSA) is 99.9 Å². The number of nitrogens with one attached hydrogen (secondary N) is 1. The number of carbonyl (C=O) groups excluding carboxylic acids is 2. The summed E-state index contributed by atoms with van der Waals surface area (Å²) in [7, 11) is 3.33. The van der Waals surface area contributed by atoms with Gasteiger partial charge in [-0.05, 0) is 37.0 Å². The van der Waals surface area contributed by atoms with Gasteiger partial charge < -0.3 is 25.3 Å². The molecule has 0 unspecified atom stereocenters. The summed E-state index contributed by atoms with van der Waals surface area (Å²) in [6, 6.07) is 6.10. The number of carbonyl (C=O) groups is 2. The molecule has 178 valence electrons. The molecule has 1 atom stereocenters. The molecular formula is C23H39ClN2O5. The molecule has 0 aliphatic carbocycles. The molecule has 31 heavy (non-hydrogen) atoms. The molecule has 0 radical (unpaired) electrons. The van der Waals surface area contributed by atoms with Crippen molar-refractivity contribution >= 4 is 24.2 Å². The number of hydrogen-bond acceptors (Lipinski definition) is 5. The molecule has 2 amide bonds. The fraction of sp³-hybridized carbons (Fsp3) is 0.652. The van der Waals surface area contributed by atoms with Gasteiger partial charge in [0.05, 0.1) is 13.7 Å². The minimum atomic E-state index is -0.399. The number of rotatable bonds is 17. The second-order valence-corrected chi connectivity index (χ2v) is 7.54. The molecule has 0 aliphatic heterocycles. The molecule has 0 spiro atoms. The van der Waals surface area contributed by atoms with Gasteiger partial charge in [0.25, 0.3) is 0 Å². The Morgan fingerprint density at radius 3 is 2.45 bits per heavy atom.